The largest absolute Gasteiger partial charge is 0.385 e. The second-order valence-electron chi connectivity index (χ2n) is 5.44. The van der Waals surface area contributed by atoms with E-state index in [-0.39, 0.29) is 23.3 Å². The predicted octanol–water partition coefficient (Wildman–Crippen LogP) is 1.97. The Balaban J connectivity index is 1.83. The maximum atomic E-state index is 12.3. The lowest BCUT2D eigenvalue weighted by molar-refractivity contribution is 0.0930. The van der Waals surface area contributed by atoms with Crippen LogP contribution in [0.5, 0.6) is 0 Å². The summed E-state index contributed by atoms with van der Waals surface area (Å²) in [5.74, 6) is -0.427. The smallest absolute Gasteiger partial charge is 0.261 e. The van der Waals surface area contributed by atoms with Crippen molar-refractivity contribution in [3.63, 3.8) is 0 Å². The van der Waals surface area contributed by atoms with Gasteiger partial charge < -0.3 is 21.8 Å². The van der Waals surface area contributed by atoms with E-state index in [4.69, 9.17) is 11.5 Å². The summed E-state index contributed by atoms with van der Waals surface area (Å²) in [6.07, 6.45) is 5.65. The average molecular weight is 306 g/mol. The Morgan fingerprint density at radius 1 is 1.29 bits per heavy atom. The predicted molar refractivity (Wildman–Crippen MR) is 83.4 cm³/mol. The number of rotatable bonds is 3. The van der Waals surface area contributed by atoms with Crippen LogP contribution in [-0.4, -0.2) is 22.8 Å². The monoisotopic (exact) mass is 306 g/mol. The number of carbonyl (C=O) groups excluding carboxylic acids is 2. The molecule has 0 bridgehead atoms. The molecular weight excluding hydrogens is 288 g/mol. The van der Waals surface area contributed by atoms with Crippen molar-refractivity contribution in [3.05, 3.63) is 16.5 Å². The van der Waals surface area contributed by atoms with Crippen LogP contribution in [0.15, 0.2) is 6.07 Å². The van der Waals surface area contributed by atoms with Gasteiger partial charge in [-0.2, -0.15) is 0 Å². The van der Waals surface area contributed by atoms with Crippen molar-refractivity contribution in [2.24, 2.45) is 5.73 Å². The van der Waals surface area contributed by atoms with E-state index < -0.39 is 5.91 Å². The number of thiophene rings is 1. The first kappa shape index (κ1) is 13.9. The van der Waals surface area contributed by atoms with Crippen LogP contribution >= 0.6 is 11.3 Å². The van der Waals surface area contributed by atoms with E-state index in [0.29, 0.717) is 15.1 Å². The molecule has 6 nitrogen and oxygen atoms in total. The van der Waals surface area contributed by atoms with Crippen LogP contribution in [0.3, 0.4) is 0 Å². The minimum absolute atomic E-state index is 0.0921. The Hall–Kier alpha value is -2.02. The number of carbonyl (C=O) groups is 2. The molecule has 21 heavy (non-hydrogen) atoms. The maximum absolute atomic E-state index is 12.3. The van der Waals surface area contributed by atoms with Crippen LogP contribution in [0.2, 0.25) is 0 Å². The van der Waals surface area contributed by atoms with E-state index in [0.717, 1.165) is 12.8 Å². The number of primary amides is 1. The van der Waals surface area contributed by atoms with Crippen molar-refractivity contribution in [1.82, 2.24) is 10.3 Å². The first-order valence-electron chi connectivity index (χ1n) is 7.08. The summed E-state index contributed by atoms with van der Waals surface area (Å²) in [4.78, 5) is 27.9. The molecule has 2 heterocycles. The summed E-state index contributed by atoms with van der Waals surface area (Å²) in [5.41, 5.74) is 11.3. The first-order valence-corrected chi connectivity index (χ1v) is 7.89. The van der Waals surface area contributed by atoms with Crippen LogP contribution in [-0.2, 0) is 0 Å². The van der Waals surface area contributed by atoms with Gasteiger partial charge >= 0.3 is 0 Å². The fourth-order valence-corrected chi connectivity index (χ4v) is 3.86. The summed E-state index contributed by atoms with van der Waals surface area (Å²) < 4.78 is 0. The molecule has 1 aliphatic carbocycles. The highest BCUT2D eigenvalue weighted by atomic mass is 32.1. The molecule has 0 aliphatic heterocycles. The van der Waals surface area contributed by atoms with Crippen molar-refractivity contribution in [3.8, 4) is 0 Å². The number of aromatic amines is 1. The molecule has 1 aliphatic rings. The molecule has 0 spiro atoms. The van der Waals surface area contributed by atoms with E-state index in [1.165, 1.54) is 30.6 Å². The van der Waals surface area contributed by atoms with Gasteiger partial charge in [-0.05, 0) is 18.9 Å². The van der Waals surface area contributed by atoms with Gasteiger partial charge in [0, 0.05) is 11.4 Å². The molecular formula is C14H18N4O2S. The number of hydrogen-bond acceptors (Lipinski definition) is 4. The Labute approximate surface area is 125 Å². The molecule has 0 unspecified atom stereocenters. The van der Waals surface area contributed by atoms with Gasteiger partial charge in [0.25, 0.3) is 11.8 Å². The molecule has 2 amide bonds. The number of H-pyrrole nitrogens is 1. The average Bonchev–Trinajstić information content (AvgIpc) is 2.95. The summed E-state index contributed by atoms with van der Waals surface area (Å²) in [5, 5.41) is 3.68. The summed E-state index contributed by atoms with van der Waals surface area (Å²) in [7, 11) is 0. The van der Waals surface area contributed by atoms with Crippen molar-refractivity contribution >= 4 is 39.2 Å². The van der Waals surface area contributed by atoms with Crippen molar-refractivity contribution in [2.45, 2.75) is 38.1 Å². The third-order valence-electron chi connectivity index (χ3n) is 3.93. The quantitative estimate of drug-likeness (QED) is 0.695. The number of hydrogen-bond donors (Lipinski definition) is 4. The number of amides is 2. The molecule has 7 heteroatoms. The topological polar surface area (TPSA) is 114 Å². The van der Waals surface area contributed by atoms with E-state index >= 15 is 0 Å². The summed E-state index contributed by atoms with van der Waals surface area (Å²) in [6.45, 7) is 0. The lowest BCUT2D eigenvalue weighted by Gasteiger charge is -2.22. The van der Waals surface area contributed by atoms with Crippen molar-refractivity contribution in [1.29, 1.82) is 0 Å². The third kappa shape index (κ3) is 2.61. The van der Waals surface area contributed by atoms with E-state index in [2.05, 4.69) is 10.3 Å². The second-order valence-corrected chi connectivity index (χ2v) is 6.49. The Morgan fingerprint density at radius 3 is 2.67 bits per heavy atom. The molecule has 0 aromatic carbocycles. The minimum atomic E-state index is -0.587. The van der Waals surface area contributed by atoms with Gasteiger partial charge in [0.1, 0.15) is 10.6 Å². The van der Waals surface area contributed by atoms with Crippen LogP contribution in [0.25, 0.3) is 10.2 Å². The Kier molecular flexibility index (Phi) is 3.59. The van der Waals surface area contributed by atoms with Gasteiger partial charge in [0.05, 0.1) is 10.4 Å². The van der Waals surface area contributed by atoms with E-state index in [1.807, 2.05) is 0 Å². The normalized spacial score (nSPS) is 16.2. The zero-order valence-electron chi connectivity index (χ0n) is 11.6. The highest BCUT2D eigenvalue weighted by Gasteiger charge is 2.21. The number of anilines is 1. The molecule has 1 saturated carbocycles. The lowest BCUT2D eigenvalue weighted by atomic mass is 9.95. The molecule has 2 aromatic rings. The van der Waals surface area contributed by atoms with Crippen LogP contribution in [0.1, 0.15) is 52.1 Å². The molecule has 112 valence electrons. The van der Waals surface area contributed by atoms with Gasteiger partial charge in [-0.1, -0.05) is 19.3 Å². The Morgan fingerprint density at radius 2 is 2.00 bits per heavy atom. The maximum Gasteiger partial charge on any atom is 0.261 e. The third-order valence-corrected chi connectivity index (χ3v) is 4.98. The van der Waals surface area contributed by atoms with E-state index in [9.17, 15) is 9.59 Å². The highest BCUT2D eigenvalue weighted by molar-refractivity contribution is 7.20. The van der Waals surface area contributed by atoms with Crippen molar-refractivity contribution < 1.29 is 9.59 Å². The van der Waals surface area contributed by atoms with Crippen LogP contribution in [0.4, 0.5) is 5.82 Å². The zero-order valence-corrected chi connectivity index (χ0v) is 12.4. The lowest BCUT2D eigenvalue weighted by Crippen LogP contribution is -2.35. The number of nitrogen functional groups attached to an aromatic ring is 1. The molecule has 0 atom stereocenters. The minimum Gasteiger partial charge on any atom is -0.385 e. The number of aromatic nitrogens is 1. The number of nitrogens with two attached hydrogens (primary N) is 2. The van der Waals surface area contributed by atoms with Gasteiger partial charge in [0.15, 0.2) is 0 Å². The zero-order chi connectivity index (χ0) is 15.0. The van der Waals surface area contributed by atoms with Gasteiger partial charge in [-0.25, -0.2) is 0 Å². The standard InChI is InChI=1S/C14H18N4O2S/c15-11-10(12(16)19)8-6-9(21-14(8)18-11)13(20)17-7-4-2-1-3-5-7/h6-7,18H,1-5,15H2,(H2,16,19)(H,17,20). The summed E-state index contributed by atoms with van der Waals surface area (Å²) in [6, 6.07) is 1.94. The number of fused-ring (bicyclic) bond motifs is 1. The van der Waals surface area contributed by atoms with Crippen molar-refractivity contribution in [2.75, 3.05) is 5.73 Å². The SMILES string of the molecule is NC(=O)c1c(N)[nH]c2sc(C(=O)NC3CCCCC3)cc12. The van der Waals surface area contributed by atoms with Crippen LogP contribution in [0, 0.1) is 0 Å². The molecule has 1 fully saturated rings. The molecule has 3 rings (SSSR count). The number of nitrogens with one attached hydrogen (secondary N) is 2. The Bertz CT molecular complexity index is 697. The van der Waals surface area contributed by atoms with Gasteiger partial charge in [0.2, 0.25) is 0 Å². The molecule has 6 N–H and O–H groups in total. The van der Waals surface area contributed by atoms with Crippen LogP contribution < -0.4 is 16.8 Å². The van der Waals surface area contributed by atoms with Gasteiger partial charge in [-0.3, -0.25) is 9.59 Å². The molecule has 0 saturated heterocycles. The van der Waals surface area contributed by atoms with Gasteiger partial charge in [-0.15, -0.1) is 11.3 Å². The fraction of sp³-hybridized carbons (Fsp3) is 0.429. The highest BCUT2D eigenvalue weighted by Crippen LogP contribution is 2.31. The second kappa shape index (κ2) is 5.40. The first-order chi connectivity index (χ1) is 10.1. The molecule has 0 radical (unpaired) electrons. The fourth-order valence-electron chi connectivity index (χ4n) is 2.88. The van der Waals surface area contributed by atoms with E-state index in [1.54, 1.807) is 6.07 Å². The summed E-state index contributed by atoms with van der Waals surface area (Å²) >= 11 is 1.29. The molecule has 2 aromatic heterocycles.